The van der Waals surface area contributed by atoms with Crippen LogP contribution in [0.4, 0.5) is 0 Å². The molecule has 3 unspecified atom stereocenters. The molecule has 1 rings (SSSR count). The molecule has 0 aliphatic heterocycles. The fraction of sp³-hybridized carbons (Fsp3) is 0.722. The Morgan fingerprint density at radius 2 is 2.16 bits per heavy atom. The van der Waals surface area contributed by atoms with Gasteiger partial charge in [0.15, 0.2) is 0 Å². The monoisotopic (exact) mass is 262 g/mol. The van der Waals surface area contributed by atoms with Crippen LogP contribution in [0, 0.1) is 17.8 Å². The molecule has 19 heavy (non-hydrogen) atoms. The molecule has 0 fully saturated rings. The van der Waals surface area contributed by atoms with Crippen molar-refractivity contribution in [3.63, 3.8) is 0 Å². The molecule has 1 aliphatic rings. The molecule has 1 aliphatic carbocycles. The van der Waals surface area contributed by atoms with Gasteiger partial charge in [0.05, 0.1) is 0 Å². The average Bonchev–Trinajstić information content (AvgIpc) is 2.45. The number of hydrogen-bond donors (Lipinski definition) is 0. The third-order valence-electron chi connectivity index (χ3n) is 4.60. The fourth-order valence-electron chi connectivity index (χ4n) is 3.17. The third kappa shape index (κ3) is 4.97. The van der Waals surface area contributed by atoms with Crippen molar-refractivity contribution in [1.29, 1.82) is 0 Å². The van der Waals surface area contributed by atoms with Gasteiger partial charge in [-0.2, -0.15) is 0 Å². The molecule has 1 nitrogen and oxygen atoms in total. The van der Waals surface area contributed by atoms with Crippen molar-refractivity contribution in [1.82, 2.24) is 0 Å². The van der Waals surface area contributed by atoms with Crippen LogP contribution in [0.5, 0.6) is 0 Å². The molecule has 0 N–H and O–H groups in total. The van der Waals surface area contributed by atoms with Gasteiger partial charge in [-0.15, -0.1) is 0 Å². The van der Waals surface area contributed by atoms with Gasteiger partial charge in [-0.3, -0.25) is 4.79 Å². The first-order valence-electron chi connectivity index (χ1n) is 7.95. The van der Waals surface area contributed by atoms with Gasteiger partial charge in [-0.25, -0.2) is 0 Å². The summed E-state index contributed by atoms with van der Waals surface area (Å²) in [6.07, 6.45) is 13.5. The number of carbonyl (C=O) groups excluding carboxylic acids is 1. The third-order valence-corrected chi connectivity index (χ3v) is 4.60. The quantitative estimate of drug-likeness (QED) is 0.607. The van der Waals surface area contributed by atoms with Crippen LogP contribution in [0.1, 0.15) is 66.2 Å². The number of allylic oxidation sites excluding steroid dienone is 4. The van der Waals surface area contributed by atoms with Crippen LogP contribution in [-0.4, -0.2) is 5.78 Å². The highest BCUT2D eigenvalue weighted by atomic mass is 16.1. The maximum Gasteiger partial charge on any atom is 0.135 e. The Balaban J connectivity index is 2.37. The molecule has 0 amide bonds. The Labute approximate surface area is 119 Å². The normalized spacial score (nSPS) is 24.4. The molecule has 0 saturated carbocycles. The van der Waals surface area contributed by atoms with E-state index in [0.29, 0.717) is 12.2 Å². The van der Waals surface area contributed by atoms with Crippen LogP contribution in [-0.2, 0) is 4.79 Å². The first-order valence-corrected chi connectivity index (χ1v) is 7.95. The van der Waals surface area contributed by atoms with Crippen molar-refractivity contribution in [2.75, 3.05) is 0 Å². The minimum absolute atomic E-state index is 0.254. The highest BCUT2D eigenvalue weighted by Gasteiger charge is 2.21. The number of carbonyl (C=O) groups is 1. The summed E-state index contributed by atoms with van der Waals surface area (Å²) in [4.78, 5) is 11.6. The van der Waals surface area contributed by atoms with E-state index < -0.39 is 0 Å². The lowest BCUT2D eigenvalue weighted by Gasteiger charge is -2.27. The van der Waals surface area contributed by atoms with E-state index in [1.54, 1.807) is 0 Å². The van der Waals surface area contributed by atoms with Crippen LogP contribution in [0.15, 0.2) is 23.8 Å². The summed E-state index contributed by atoms with van der Waals surface area (Å²) in [5.74, 6) is 2.14. The summed E-state index contributed by atoms with van der Waals surface area (Å²) in [7, 11) is 0. The number of Topliss-reactive ketones (excluding diaryl/α,β-unsaturated/α-hetero) is 1. The lowest BCUT2D eigenvalue weighted by molar-refractivity contribution is -0.122. The number of hydrogen-bond acceptors (Lipinski definition) is 1. The van der Waals surface area contributed by atoms with E-state index in [0.717, 1.165) is 18.3 Å². The van der Waals surface area contributed by atoms with Crippen LogP contribution in [0.2, 0.25) is 0 Å². The minimum Gasteiger partial charge on any atom is -0.299 e. The molecule has 0 aromatic carbocycles. The summed E-state index contributed by atoms with van der Waals surface area (Å²) in [5.41, 5.74) is 1.51. The minimum atomic E-state index is 0.254. The van der Waals surface area contributed by atoms with Gasteiger partial charge in [0.1, 0.15) is 5.78 Å². The first kappa shape index (κ1) is 16.2. The Morgan fingerprint density at radius 3 is 2.79 bits per heavy atom. The van der Waals surface area contributed by atoms with Gasteiger partial charge in [0, 0.05) is 12.3 Å². The second kappa shape index (κ2) is 8.35. The zero-order valence-electron chi connectivity index (χ0n) is 13.1. The van der Waals surface area contributed by atoms with E-state index in [-0.39, 0.29) is 5.92 Å². The summed E-state index contributed by atoms with van der Waals surface area (Å²) in [5, 5.41) is 0. The van der Waals surface area contributed by atoms with E-state index in [4.69, 9.17) is 0 Å². The van der Waals surface area contributed by atoms with Crippen molar-refractivity contribution in [3.8, 4) is 0 Å². The van der Waals surface area contributed by atoms with E-state index in [9.17, 15) is 4.79 Å². The summed E-state index contributed by atoms with van der Waals surface area (Å²) in [6.45, 7) is 8.57. The molecule has 0 saturated heterocycles. The van der Waals surface area contributed by atoms with Gasteiger partial charge in [0.25, 0.3) is 0 Å². The zero-order chi connectivity index (χ0) is 14.3. The van der Waals surface area contributed by atoms with Gasteiger partial charge in [0.2, 0.25) is 0 Å². The summed E-state index contributed by atoms with van der Waals surface area (Å²) >= 11 is 0. The Kier molecular flexibility index (Phi) is 7.12. The molecular weight excluding hydrogens is 232 g/mol. The van der Waals surface area contributed by atoms with E-state index >= 15 is 0 Å². The van der Waals surface area contributed by atoms with Gasteiger partial charge in [-0.05, 0) is 43.6 Å². The van der Waals surface area contributed by atoms with Gasteiger partial charge >= 0.3 is 0 Å². The largest absolute Gasteiger partial charge is 0.299 e. The molecule has 3 atom stereocenters. The van der Waals surface area contributed by atoms with Crippen LogP contribution < -0.4 is 0 Å². The van der Waals surface area contributed by atoms with E-state index in [1.807, 2.05) is 6.92 Å². The first-order chi connectivity index (χ1) is 9.10. The molecule has 108 valence electrons. The maximum absolute atomic E-state index is 11.6. The smallest absolute Gasteiger partial charge is 0.135 e. The molecule has 0 aromatic rings. The fourth-order valence-corrected chi connectivity index (χ4v) is 3.17. The molecular formula is C18H30O. The van der Waals surface area contributed by atoms with Crippen LogP contribution >= 0.6 is 0 Å². The van der Waals surface area contributed by atoms with E-state index in [1.165, 1.54) is 31.3 Å². The predicted molar refractivity (Wildman–Crippen MR) is 83.1 cm³/mol. The Hall–Kier alpha value is -0.850. The highest BCUT2D eigenvalue weighted by molar-refractivity contribution is 5.80. The number of ketones is 1. The van der Waals surface area contributed by atoms with Gasteiger partial charge in [-0.1, -0.05) is 51.8 Å². The number of rotatable bonds is 7. The standard InChI is InChI=1S/C18H30O/c1-5-16-12-7-8-13-17(16)14(3)10-9-11-15(4)18(19)6-2/h5,7,12,14-15,17H,6,8-11,13H2,1-4H3/b16-5-. The maximum atomic E-state index is 11.6. The molecule has 0 spiro atoms. The van der Waals surface area contributed by atoms with Crippen LogP contribution in [0.3, 0.4) is 0 Å². The summed E-state index contributed by atoms with van der Waals surface area (Å²) in [6, 6.07) is 0. The topological polar surface area (TPSA) is 17.1 Å². The molecule has 0 heterocycles. The SMILES string of the molecule is C/C=C1/C=CCCC1C(C)CCCC(C)C(=O)CC. The van der Waals surface area contributed by atoms with E-state index in [2.05, 4.69) is 39.0 Å². The van der Waals surface area contributed by atoms with Gasteiger partial charge < -0.3 is 0 Å². The second-order valence-corrected chi connectivity index (χ2v) is 6.00. The lowest BCUT2D eigenvalue weighted by atomic mass is 9.78. The van der Waals surface area contributed by atoms with Crippen molar-refractivity contribution < 1.29 is 4.79 Å². The second-order valence-electron chi connectivity index (χ2n) is 6.00. The zero-order valence-corrected chi connectivity index (χ0v) is 13.1. The predicted octanol–water partition coefficient (Wildman–Crippen LogP) is 5.32. The Morgan fingerprint density at radius 1 is 1.42 bits per heavy atom. The van der Waals surface area contributed by atoms with Crippen LogP contribution in [0.25, 0.3) is 0 Å². The lowest BCUT2D eigenvalue weighted by Crippen LogP contribution is -2.16. The molecule has 0 bridgehead atoms. The average molecular weight is 262 g/mol. The summed E-state index contributed by atoms with van der Waals surface area (Å²) < 4.78 is 0. The van der Waals surface area contributed by atoms with Crippen molar-refractivity contribution in [2.24, 2.45) is 17.8 Å². The molecule has 0 radical (unpaired) electrons. The van der Waals surface area contributed by atoms with Crippen molar-refractivity contribution >= 4 is 5.78 Å². The van der Waals surface area contributed by atoms with Crippen molar-refractivity contribution in [3.05, 3.63) is 23.8 Å². The molecule has 1 heteroatoms. The molecule has 0 aromatic heterocycles. The highest BCUT2D eigenvalue weighted by Crippen LogP contribution is 2.33. The van der Waals surface area contributed by atoms with Crippen molar-refractivity contribution in [2.45, 2.75) is 66.2 Å². The Bertz CT molecular complexity index is 338.